The lowest BCUT2D eigenvalue weighted by molar-refractivity contribution is 0.0693. The van der Waals surface area contributed by atoms with E-state index in [2.05, 4.69) is 11.9 Å². The van der Waals surface area contributed by atoms with Crippen LogP contribution < -0.4 is 9.47 Å². The van der Waals surface area contributed by atoms with Gasteiger partial charge < -0.3 is 14.4 Å². The van der Waals surface area contributed by atoms with Crippen LogP contribution in [0.1, 0.15) is 67.3 Å². The monoisotopic (exact) mass is 385 g/mol. The lowest BCUT2D eigenvalue weighted by atomic mass is 9.75. The average Bonchev–Trinajstić information content (AvgIpc) is 3.05. The molecule has 1 aromatic rings. The highest BCUT2D eigenvalue weighted by Gasteiger charge is 2.40. The number of carbonyl (C=O) groups is 1. The van der Waals surface area contributed by atoms with Crippen molar-refractivity contribution in [2.45, 2.75) is 63.8 Å². The molecule has 0 N–H and O–H groups in total. The number of piperidine rings is 1. The third kappa shape index (κ3) is 3.80. The molecule has 0 aromatic heterocycles. The molecule has 1 aromatic carbocycles. The first kappa shape index (κ1) is 19.8. The molecule has 0 radical (unpaired) electrons. The summed E-state index contributed by atoms with van der Waals surface area (Å²) in [5.41, 5.74) is 1.99. The summed E-state index contributed by atoms with van der Waals surface area (Å²) < 4.78 is 10.9. The first-order chi connectivity index (χ1) is 13.6. The van der Waals surface area contributed by atoms with E-state index in [0.717, 1.165) is 42.2 Å². The van der Waals surface area contributed by atoms with Crippen LogP contribution in [0.5, 0.6) is 11.5 Å². The van der Waals surface area contributed by atoms with Crippen LogP contribution in [0.15, 0.2) is 12.1 Å². The predicted molar refractivity (Wildman–Crippen MR) is 111 cm³/mol. The highest BCUT2D eigenvalue weighted by atomic mass is 16.5. The summed E-state index contributed by atoms with van der Waals surface area (Å²) in [5.74, 6) is 3.24. The number of Topliss-reactive ketones (excluding diaryl/α,β-unsaturated/α-hetero) is 1. The first-order valence-corrected chi connectivity index (χ1v) is 11.1. The number of nitrogens with zero attached hydrogens (tertiary/aromatic N) is 1. The molecule has 2 fully saturated rings. The van der Waals surface area contributed by atoms with Gasteiger partial charge >= 0.3 is 0 Å². The fraction of sp³-hybridized carbons (Fsp3) is 0.708. The molecular formula is C24H35NO3. The predicted octanol–water partition coefficient (Wildman–Crippen LogP) is 4.74. The van der Waals surface area contributed by atoms with Crippen molar-refractivity contribution in [1.29, 1.82) is 0 Å². The van der Waals surface area contributed by atoms with E-state index >= 15 is 0 Å². The zero-order valence-electron chi connectivity index (χ0n) is 17.7. The lowest BCUT2D eigenvalue weighted by Crippen LogP contribution is -2.43. The van der Waals surface area contributed by atoms with E-state index in [9.17, 15) is 4.79 Å². The van der Waals surface area contributed by atoms with Crippen LogP contribution in [0.3, 0.4) is 0 Å². The van der Waals surface area contributed by atoms with Gasteiger partial charge in [0.25, 0.3) is 0 Å². The minimum atomic E-state index is 0.134. The van der Waals surface area contributed by atoms with Crippen molar-refractivity contribution in [2.24, 2.45) is 17.8 Å². The van der Waals surface area contributed by atoms with E-state index in [-0.39, 0.29) is 5.92 Å². The van der Waals surface area contributed by atoms with Gasteiger partial charge in [0.05, 0.1) is 14.2 Å². The number of hydrogen-bond donors (Lipinski definition) is 0. The largest absolute Gasteiger partial charge is 0.493 e. The smallest absolute Gasteiger partial charge is 0.166 e. The van der Waals surface area contributed by atoms with Gasteiger partial charge in [-0.05, 0) is 68.8 Å². The van der Waals surface area contributed by atoms with Crippen LogP contribution in [0.25, 0.3) is 0 Å². The Labute approximate surface area is 169 Å². The number of ether oxygens (including phenoxy) is 2. The summed E-state index contributed by atoms with van der Waals surface area (Å²) in [7, 11) is 5.57. The molecule has 0 spiro atoms. The number of rotatable bonds is 5. The van der Waals surface area contributed by atoms with Gasteiger partial charge in [0.1, 0.15) is 0 Å². The summed E-state index contributed by atoms with van der Waals surface area (Å²) in [6, 6.07) is 4.55. The molecule has 154 valence electrons. The maximum atomic E-state index is 13.2. The van der Waals surface area contributed by atoms with Crippen molar-refractivity contribution in [2.75, 3.05) is 27.8 Å². The van der Waals surface area contributed by atoms with E-state index in [1.165, 1.54) is 44.9 Å². The van der Waals surface area contributed by atoms with Crippen molar-refractivity contribution >= 4 is 5.78 Å². The molecule has 1 saturated heterocycles. The summed E-state index contributed by atoms with van der Waals surface area (Å²) in [6.07, 6.45) is 11.5. The average molecular weight is 386 g/mol. The van der Waals surface area contributed by atoms with Gasteiger partial charge in [-0.2, -0.15) is 0 Å². The van der Waals surface area contributed by atoms with Crippen LogP contribution >= 0.6 is 0 Å². The lowest BCUT2D eigenvalue weighted by Gasteiger charge is -2.41. The molecule has 1 heterocycles. The van der Waals surface area contributed by atoms with Gasteiger partial charge in [-0.25, -0.2) is 0 Å². The van der Waals surface area contributed by atoms with E-state index in [1.807, 2.05) is 12.1 Å². The molecule has 4 heteroatoms. The molecule has 3 aliphatic rings. The van der Waals surface area contributed by atoms with E-state index in [0.29, 0.717) is 23.5 Å². The molecule has 4 nitrogen and oxygen atoms in total. The van der Waals surface area contributed by atoms with Crippen molar-refractivity contribution in [3.63, 3.8) is 0 Å². The Morgan fingerprint density at radius 3 is 2.46 bits per heavy atom. The second-order valence-electron chi connectivity index (χ2n) is 9.20. The van der Waals surface area contributed by atoms with Crippen molar-refractivity contribution < 1.29 is 14.3 Å². The number of likely N-dealkylation sites (tertiary alicyclic amines) is 1. The first-order valence-electron chi connectivity index (χ1n) is 11.1. The fourth-order valence-electron chi connectivity index (χ4n) is 5.88. The Morgan fingerprint density at radius 2 is 1.75 bits per heavy atom. The molecule has 4 rings (SSSR count). The van der Waals surface area contributed by atoms with Gasteiger partial charge in [-0.3, -0.25) is 4.79 Å². The number of hydrogen-bond acceptors (Lipinski definition) is 4. The van der Waals surface area contributed by atoms with Crippen molar-refractivity contribution in [3.8, 4) is 11.5 Å². The molecule has 0 amide bonds. The van der Waals surface area contributed by atoms with E-state index in [4.69, 9.17) is 9.47 Å². The molecule has 1 saturated carbocycles. The topological polar surface area (TPSA) is 38.8 Å². The minimum absolute atomic E-state index is 0.134. The SMILES string of the molecule is COc1cc2c(cc1OC)C(=O)C(C1CCN(C)C(CC3CCCCC3)C1)C2. The summed E-state index contributed by atoms with van der Waals surface area (Å²) >= 11 is 0. The van der Waals surface area contributed by atoms with Gasteiger partial charge in [0, 0.05) is 17.5 Å². The van der Waals surface area contributed by atoms with Crippen LogP contribution in [0.4, 0.5) is 0 Å². The Hall–Kier alpha value is -1.55. The molecule has 0 bridgehead atoms. The second-order valence-corrected chi connectivity index (χ2v) is 9.20. The number of methoxy groups -OCH3 is 2. The molecule has 3 unspecified atom stereocenters. The quantitative estimate of drug-likeness (QED) is 0.734. The van der Waals surface area contributed by atoms with Gasteiger partial charge in [0.2, 0.25) is 0 Å². The van der Waals surface area contributed by atoms with Crippen LogP contribution in [-0.2, 0) is 6.42 Å². The summed E-state index contributed by atoms with van der Waals surface area (Å²) in [5, 5.41) is 0. The van der Waals surface area contributed by atoms with Gasteiger partial charge in [-0.1, -0.05) is 32.1 Å². The zero-order valence-corrected chi connectivity index (χ0v) is 17.7. The maximum Gasteiger partial charge on any atom is 0.166 e. The third-order valence-electron chi connectivity index (χ3n) is 7.60. The summed E-state index contributed by atoms with van der Waals surface area (Å²) in [6.45, 7) is 1.12. The molecular weight excluding hydrogens is 350 g/mol. The number of benzene rings is 1. The maximum absolute atomic E-state index is 13.2. The Morgan fingerprint density at radius 1 is 1.04 bits per heavy atom. The zero-order chi connectivity index (χ0) is 19.7. The standard InChI is InChI=1S/C24H35NO3/c1-25-10-9-17(12-19(25)11-16-7-5-4-6-8-16)20-13-18-14-22(27-2)23(28-3)15-21(18)24(20)26/h14-17,19-20H,4-13H2,1-3H3. The van der Waals surface area contributed by atoms with Crippen molar-refractivity contribution in [1.82, 2.24) is 4.90 Å². The minimum Gasteiger partial charge on any atom is -0.493 e. The second kappa shape index (κ2) is 8.44. The van der Waals surface area contributed by atoms with Crippen LogP contribution in [-0.4, -0.2) is 44.5 Å². The van der Waals surface area contributed by atoms with Crippen molar-refractivity contribution in [3.05, 3.63) is 23.3 Å². The van der Waals surface area contributed by atoms with Crippen LogP contribution in [0.2, 0.25) is 0 Å². The molecule has 2 aliphatic carbocycles. The molecule has 1 aliphatic heterocycles. The number of fused-ring (bicyclic) bond motifs is 1. The normalized spacial score (nSPS) is 29.0. The van der Waals surface area contributed by atoms with Gasteiger partial charge in [0.15, 0.2) is 17.3 Å². The number of ketones is 1. The molecule has 28 heavy (non-hydrogen) atoms. The fourth-order valence-corrected chi connectivity index (χ4v) is 5.88. The Balaban J connectivity index is 1.47. The van der Waals surface area contributed by atoms with Gasteiger partial charge in [-0.15, -0.1) is 0 Å². The Bertz CT molecular complexity index is 710. The van der Waals surface area contributed by atoms with E-state index < -0.39 is 0 Å². The highest BCUT2D eigenvalue weighted by molar-refractivity contribution is 6.03. The highest BCUT2D eigenvalue weighted by Crippen LogP contribution is 2.43. The van der Waals surface area contributed by atoms with E-state index in [1.54, 1.807) is 14.2 Å². The number of carbonyl (C=O) groups excluding carboxylic acids is 1. The Kier molecular flexibility index (Phi) is 5.96. The third-order valence-corrected chi connectivity index (χ3v) is 7.60. The van der Waals surface area contributed by atoms with Crippen LogP contribution in [0, 0.1) is 17.8 Å². The summed E-state index contributed by atoms with van der Waals surface area (Å²) in [4.78, 5) is 15.8. The molecule has 3 atom stereocenters.